The molecule has 1 amide bonds. The summed E-state index contributed by atoms with van der Waals surface area (Å²) in [6.07, 6.45) is 0. The van der Waals surface area contributed by atoms with E-state index < -0.39 is 5.91 Å². The number of nitriles is 2. The zero-order valence-electron chi connectivity index (χ0n) is 15.0. The number of rotatable bonds is 5. The smallest absolute Gasteiger partial charge is 0.257 e. The van der Waals surface area contributed by atoms with Crippen molar-refractivity contribution < 1.29 is 9.53 Å². The zero-order valence-corrected chi connectivity index (χ0v) is 15.8. The molecule has 6 heteroatoms. The molecule has 0 unspecified atom stereocenters. The van der Waals surface area contributed by atoms with E-state index in [2.05, 4.69) is 11.4 Å². The molecule has 0 aliphatic heterocycles. The second-order valence-corrected chi connectivity index (χ2v) is 6.83. The van der Waals surface area contributed by atoms with Gasteiger partial charge in [0.25, 0.3) is 5.91 Å². The maximum Gasteiger partial charge on any atom is 0.257 e. The van der Waals surface area contributed by atoms with Gasteiger partial charge in [0.15, 0.2) is 0 Å². The molecule has 0 saturated carbocycles. The number of ether oxygens (including phenoxy) is 1. The van der Waals surface area contributed by atoms with Crippen LogP contribution in [0.1, 0.15) is 21.5 Å². The lowest BCUT2D eigenvalue weighted by Crippen LogP contribution is -2.13. The van der Waals surface area contributed by atoms with E-state index in [1.165, 1.54) is 11.8 Å². The maximum atomic E-state index is 12.5. The molecule has 28 heavy (non-hydrogen) atoms. The highest BCUT2D eigenvalue weighted by molar-refractivity contribution is 7.99. The second-order valence-electron chi connectivity index (χ2n) is 5.71. The standard InChI is InChI=1S/C22H15N3O2S/c1-27-18-7-9-19(10-8-18)28-21-11-6-17(12-16(21)14-24)25-22(26)20-5-3-2-4-15(20)13-23/h2-12H,1H3,(H,25,26). The summed E-state index contributed by atoms with van der Waals surface area (Å²) < 4.78 is 5.15. The van der Waals surface area contributed by atoms with Crippen molar-refractivity contribution >= 4 is 23.4 Å². The highest BCUT2D eigenvalue weighted by Gasteiger charge is 2.12. The Hall–Kier alpha value is -3.74. The van der Waals surface area contributed by atoms with Gasteiger partial charge in [0.1, 0.15) is 11.8 Å². The Bertz CT molecular complexity index is 1100. The lowest BCUT2D eigenvalue weighted by Gasteiger charge is -2.10. The van der Waals surface area contributed by atoms with Crippen molar-refractivity contribution in [1.82, 2.24) is 0 Å². The Kier molecular flexibility index (Phi) is 5.96. The number of benzene rings is 3. The topological polar surface area (TPSA) is 85.9 Å². The number of nitrogens with one attached hydrogen (secondary N) is 1. The van der Waals surface area contributed by atoms with E-state index in [-0.39, 0.29) is 0 Å². The van der Waals surface area contributed by atoms with E-state index in [1.807, 2.05) is 30.3 Å². The molecule has 3 aromatic rings. The van der Waals surface area contributed by atoms with Crippen molar-refractivity contribution in [3.63, 3.8) is 0 Å². The van der Waals surface area contributed by atoms with Gasteiger partial charge in [-0.3, -0.25) is 4.79 Å². The molecule has 0 heterocycles. The predicted molar refractivity (Wildman–Crippen MR) is 107 cm³/mol. The molecule has 136 valence electrons. The highest BCUT2D eigenvalue weighted by Crippen LogP contribution is 2.32. The number of anilines is 1. The fraction of sp³-hybridized carbons (Fsp3) is 0.0455. The Balaban J connectivity index is 1.80. The quantitative estimate of drug-likeness (QED) is 0.679. The van der Waals surface area contributed by atoms with E-state index in [9.17, 15) is 10.1 Å². The van der Waals surface area contributed by atoms with Crippen LogP contribution in [-0.4, -0.2) is 13.0 Å². The van der Waals surface area contributed by atoms with Gasteiger partial charge >= 0.3 is 0 Å². The molecule has 0 bridgehead atoms. The van der Waals surface area contributed by atoms with E-state index in [0.717, 1.165) is 15.5 Å². The van der Waals surface area contributed by atoms with Gasteiger partial charge in [-0.2, -0.15) is 10.5 Å². The van der Waals surface area contributed by atoms with Crippen LogP contribution < -0.4 is 10.1 Å². The molecule has 0 radical (unpaired) electrons. The average Bonchev–Trinajstić information content (AvgIpc) is 2.75. The third-order valence-electron chi connectivity index (χ3n) is 3.94. The van der Waals surface area contributed by atoms with Crippen LogP contribution in [0.5, 0.6) is 5.75 Å². The van der Waals surface area contributed by atoms with Crippen LogP contribution >= 0.6 is 11.8 Å². The third-order valence-corrected chi connectivity index (χ3v) is 5.02. The van der Waals surface area contributed by atoms with Crippen molar-refractivity contribution in [2.75, 3.05) is 12.4 Å². The van der Waals surface area contributed by atoms with Crippen molar-refractivity contribution in [1.29, 1.82) is 10.5 Å². The fourth-order valence-corrected chi connectivity index (χ4v) is 3.41. The minimum Gasteiger partial charge on any atom is -0.497 e. The molecule has 0 atom stereocenters. The summed E-state index contributed by atoms with van der Waals surface area (Å²) in [5.41, 5.74) is 1.54. The minimum absolute atomic E-state index is 0.292. The van der Waals surface area contributed by atoms with Gasteiger partial charge in [-0.05, 0) is 54.6 Å². The zero-order chi connectivity index (χ0) is 19.9. The van der Waals surface area contributed by atoms with Gasteiger partial charge in [0.2, 0.25) is 0 Å². The molecule has 0 aromatic heterocycles. The molecule has 3 rings (SSSR count). The van der Waals surface area contributed by atoms with Crippen LogP contribution in [0, 0.1) is 22.7 Å². The first kappa shape index (κ1) is 19.0. The summed E-state index contributed by atoms with van der Waals surface area (Å²) in [4.78, 5) is 14.2. The van der Waals surface area contributed by atoms with Crippen molar-refractivity contribution in [2.45, 2.75) is 9.79 Å². The Morgan fingerprint density at radius 3 is 2.36 bits per heavy atom. The molecule has 1 N–H and O–H groups in total. The monoisotopic (exact) mass is 385 g/mol. The van der Waals surface area contributed by atoms with Crippen molar-refractivity contribution in [2.24, 2.45) is 0 Å². The number of nitrogens with zero attached hydrogens (tertiary/aromatic N) is 2. The first-order chi connectivity index (χ1) is 13.6. The van der Waals surface area contributed by atoms with E-state index in [0.29, 0.717) is 22.4 Å². The summed E-state index contributed by atoms with van der Waals surface area (Å²) in [7, 11) is 1.61. The molecule has 0 aliphatic carbocycles. The van der Waals surface area contributed by atoms with Crippen LogP contribution in [0.25, 0.3) is 0 Å². The van der Waals surface area contributed by atoms with Gasteiger partial charge < -0.3 is 10.1 Å². The fourth-order valence-electron chi connectivity index (χ4n) is 2.53. The first-order valence-electron chi connectivity index (χ1n) is 8.31. The number of hydrogen-bond acceptors (Lipinski definition) is 5. The SMILES string of the molecule is COc1ccc(Sc2ccc(NC(=O)c3ccccc3C#N)cc2C#N)cc1. The minimum atomic E-state index is -0.392. The molecule has 0 saturated heterocycles. The molecule has 3 aromatic carbocycles. The maximum absolute atomic E-state index is 12.5. The van der Waals surface area contributed by atoms with Gasteiger partial charge in [0.05, 0.1) is 29.9 Å². The van der Waals surface area contributed by atoms with E-state index in [4.69, 9.17) is 10.00 Å². The van der Waals surface area contributed by atoms with Gasteiger partial charge in [0, 0.05) is 15.5 Å². The van der Waals surface area contributed by atoms with Crippen LogP contribution in [0.3, 0.4) is 0 Å². The molecule has 0 aliphatic rings. The predicted octanol–water partition coefficient (Wildman–Crippen LogP) is 4.84. The third kappa shape index (κ3) is 4.32. The Labute approximate surface area is 167 Å². The molecule has 0 fully saturated rings. The summed E-state index contributed by atoms with van der Waals surface area (Å²) in [6.45, 7) is 0. The van der Waals surface area contributed by atoms with E-state index in [1.54, 1.807) is 49.6 Å². The number of hydrogen-bond donors (Lipinski definition) is 1. The largest absolute Gasteiger partial charge is 0.497 e. The second kappa shape index (κ2) is 8.77. The molecular formula is C22H15N3O2S. The van der Waals surface area contributed by atoms with Crippen LogP contribution in [0.4, 0.5) is 5.69 Å². The Morgan fingerprint density at radius 2 is 1.68 bits per heavy atom. The van der Waals surface area contributed by atoms with E-state index >= 15 is 0 Å². The summed E-state index contributed by atoms with van der Waals surface area (Å²) >= 11 is 1.45. The molecule has 5 nitrogen and oxygen atoms in total. The van der Waals surface area contributed by atoms with Crippen LogP contribution in [0.2, 0.25) is 0 Å². The normalized spacial score (nSPS) is 9.82. The van der Waals surface area contributed by atoms with Gasteiger partial charge in [-0.25, -0.2) is 0 Å². The summed E-state index contributed by atoms with van der Waals surface area (Å²) in [6, 6.07) is 23.4. The Morgan fingerprint density at radius 1 is 0.964 bits per heavy atom. The lowest BCUT2D eigenvalue weighted by molar-refractivity contribution is 0.102. The number of carbonyl (C=O) groups excluding carboxylic acids is 1. The van der Waals surface area contributed by atoms with Gasteiger partial charge in [-0.1, -0.05) is 23.9 Å². The van der Waals surface area contributed by atoms with Crippen molar-refractivity contribution in [3.05, 3.63) is 83.4 Å². The number of methoxy groups -OCH3 is 1. The average molecular weight is 385 g/mol. The lowest BCUT2D eigenvalue weighted by atomic mass is 10.1. The molecule has 0 spiro atoms. The first-order valence-corrected chi connectivity index (χ1v) is 9.13. The van der Waals surface area contributed by atoms with Crippen molar-refractivity contribution in [3.8, 4) is 17.9 Å². The number of amides is 1. The van der Waals surface area contributed by atoms with Gasteiger partial charge in [-0.15, -0.1) is 0 Å². The summed E-state index contributed by atoms with van der Waals surface area (Å²) in [5.74, 6) is 0.372. The van der Waals surface area contributed by atoms with Crippen LogP contribution in [-0.2, 0) is 0 Å². The highest BCUT2D eigenvalue weighted by atomic mass is 32.2. The van der Waals surface area contributed by atoms with Crippen LogP contribution in [0.15, 0.2) is 76.5 Å². The molecular weight excluding hydrogens is 370 g/mol. The summed E-state index contributed by atoms with van der Waals surface area (Å²) in [5, 5.41) is 21.4. The number of carbonyl (C=O) groups is 1.